The Hall–Kier alpha value is -5.71. The molecule has 328 valence electrons. The predicted octanol–water partition coefficient (Wildman–Crippen LogP) is 4.19. The van der Waals surface area contributed by atoms with Gasteiger partial charge in [-0.1, -0.05) is 59.7 Å². The minimum Gasteiger partial charge on any atom is -0.507 e. The number of nitrogens with one attached hydrogen (secondary N) is 1. The first-order valence-corrected chi connectivity index (χ1v) is 24.5. The molecule has 6 aromatic rings. The highest BCUT2D eigenvalue weighted by Gasteiger charge is 2.21. The van der Waals surface area contributed by atoms with Gasteiger partial charge in [0.05, 0.1) is 25.3 Å². The SMILES string of the molecule is Cc1ccc(S(=O)(=O)Cl)cc1.Cc1ccc(S(=O)(=O)Nc2cc(S(=O)(=O)O)cc3cccc(O)c23)cc1.Nc1cc(S(=O)(=O)O)cc2cccc(O)c12.O=S(=O)=O.O=S(=O)=O. The van der Waals surface area contributed by atoms with Gasteiger partial charge in [0.15, 0.2) is 0 Å². The van der Waals surface area contributed by atoms with Crippen LogP contribution >= 0.6 is 10.7 Å². The van der Waals surface area contributed by atoms with Gasteiger partial charge in [-0.2, -0.15) is 16.8 Å². The standard InChI is InChI=1S/C17H15NO6S2.C10H9NO4S.C7H7ClO2S.2O3S/c1-11-5-7-13(8-6-11)25(20,21)18-15-10-14(26(22,23)24)9-12-3-2-4-16(19)17(12)15;11-8-5-7(16(13,14)15)4-6-2-1-3-9(12)10(6)8;1-6-2-4-7(5-3-6)11(8,9)10;2*1-4(2)3/h2-10,18-19H,1H3,(H,22,23,24);1-5,12H,11H2,(H,13,14,15);2-5H,1H3;;. The normalized spacial score (nSPS) is 11.2. The Morgan fingerprint density at radius 3 is 1.28 bits per heavy atom. The summed E-state index contributed by atoms with van der Waals surface area (Å²) in [6.45, 7) is 3.69. The van der Waals surface area contributed by atoms with Crippen molar-refractivity contribution in [2.24, 2.45) is 0 Å². The zero-order chi connectivity index (χ0) is 46.7. The summed E-state index contributed by atoms with van der Waals surface area (Å²) in [6.07, 6.45) is 0. The van der Waals surface area contributed by atoms with Crippen LogP contribution < -0.4 is 10.5 Å². The zero-order valence-corrected chi connectivity index (χ0v) is 36.5. The molecule has 0 aliphatic heterocycles. The molecule has 0 amide bonds. The summed E-state index contributed by atoms with van der Waals surface area (Å²) < 4.78 is 163. The van der Waals surface area contributed by atoms with E-state index in [-0.39, 0.29) is 48.3 Å². The number of nitrogen functional groups attached to an aromatic ring is 1. The third-order valence-corrected chi connectivity index (χ3v) is 11.8. The zero-order valence-electron chi connectivity index (χ0n) is 30.8. The molecule has 0 radical (unpaired) electrons. The van der Waals surface area contributed by atoms with Gasteiger partial charge in [0.25, 0.3) is 39.3 Å². The van der Waals surface area contributed by atoms with Crippen molar-refractivity contribution >= 4 is 104 Å². The van der Waals surface area contributed by atoms with Crippen molar-refractivity contribution in [1.29, 1.82) is 0 Å². The van der Waals surface area contributed by atoms with E-state index >= 15 is 0 Å². The topological polar surface area (TPSA) is 358 Å². The van der Waals surface area contributed by atoms with Crippen LogP contribution in [-0.2, 0) is 60.5 Å². The first-order valence-electron chi connectivity index (χ1n) is 15.8. The van der Waals surface area contributed by atoms with Crippen LogP contribution in [0.4, 0.5) is 11.4 Å². The number of rotatable bonds is 6. The highest BCUT2D eigenvalue weighted by molar-refractivity contribution is 8.13. The molecule has 0 aromatic heterocycles. The van der Waals surface area contributed by atoms with Gasteiger partial charge in [0.1, 0.15) is 11.5 Å². The summed E-state index contributed by atoms with van der Waals surface area (Å²) in [5.41, 5.74) is 7.44. The van der Waals surface area contributed by atoms with Crippen molar-refractivity contribution in [3.8, 4) is 11.5 Å². The number of phenolic OH excluding ortho intramolecular Hbond substituents is 2. The maximum Gasteiger partial charge on any atom is 0.425 e. The smallest absolute Gasteiger partial charge is 0.425 e. The molecule has 6 aromatic carbocycles. The van der Waals surface area contributed by atoms with E-state index in [1.807, 2.05) is 13.8 Å². The largest absolute Gasteiger partial charge is 0.507 e. The van der Waals surface area contributed by atoms with Gasteiger partial charge in [-0.05, 0) is 85.3 Å². The first-order chi connectivity index (χ1) is 27.9. The van der Waals surface area contributed by atoms with E-state index in [0.29, 0.717) is 10.8 Å². The van der Waals surface area contributed by atoms with Crippen LogP contribution in [0.5, 0.6) is 11.5 Å². The van der Waals surface area contributed by atoms with Gasteiger partial charge < -0.3 is 15.9 Å². The van der Waals surface area contributed by atoms with Crippen LogP contribution in [-0.4, -0.2) is 78.2 Å². The van der Waals surface area contributed by atoms with Crippen LogP contribution in [0.1, 0.15) is 11.1 Å². The van der Waals surface area contributed by atoms with Crippen molar-refractivity contribution in [3.63, 3.8) is 0 Å². The van der Waals surface area contributed by atoms with Crippen molar-refractivity contribution in [2.45, 2.75) is 33.4 Å². The fourth-order valence-electron chi connectivity index (χ4n) is 4.79. The lowest BCUT2D eigenvalue weighted by Crippen LogP contribution is -2.14. The third kappa shape index (κ3) is 16.3. The fraction of sp³-hybridized carbons (Fsp3) is 0.0588. The molecule has 0 spiro atoms. The number of aromatic hydroxyl groups is 2. The molecule has 20 nitrogen and oxygen atoms in total. The van der Waals surface area contributed by atoms with Gasteiger partial charge in [-0.25, -0.2) is 16.8 Å². The highest BCUT2D eigenvalue weighted by Crippen LogP contribution is 2.36. The highest BCUT2D eigenvalue weighted by atomic mass is 35.7. The van der Waals surface area contributed by atoms with E-state index in [2.05, 4.69) is 4.72 Å². The number of nitrogens with two attached hydrogens (primary N) is 1. The molecule has 0 bridgehead atoms. The number of hydrogen-bond donors (Lipinski definition) is 6. The van der Waals surface area contributed by atoms with Crippen molar-refractivity contribution < 1.29 is 78.2 Å². The lowest BCUT2D eigenvalue weighted by Gasteiger charge is -2.13. The molecule has 0 heterocycles. The first kappa shape index (κ1) is 51.4. The summed E-state index contributed by atoms with van der Waals surface area (Å²) in [7, 11) is -17.6. The number of phenols is 2. The molecular weight excluding hydrogens is 952 g/mol. The third-order valence-electron chi connectivity index (χ3n) is 7.36. The Kier molecular flexibility index (Phi) is 17.9. The van der Waals surface area contributed by atoms with Crippen molar-refractivity contribution in [1.82, 2.24) is 0 Å². The Bertz CT molecular complexity index is 3220. The van der Waals surface area contributed by atoms with Gasteiger partial charge in [0.2, 0.25) is 0 Å². The number of anilines is 2. The molecule has 0 unspecified atom stereocenters. The molecule has 0 aliphatic carbocycles. The lowest BCUT2D eigenvalue weighted by molar-refractivity contribution is 0.480. The van der Waals surface area contributed by atoms with E-state index in [4.69, 9.17) is 46.2 Å². The molecule has 0 atom stereocenters. The second kappa shape index (κ2) is 21.2. The summed E-state index contributed by atoms with van der Waals surface area (Å²) in [6, 6.07) is 25.8. The van der Waals surface area contributed by atoms with Crippen molar-refractivity contribution in [2.75, 3.05) is 10.5 Å². The molecular formula is C34H31ClN2O18S6. The maximum absolute atomic E-state index is 12.6. The van der Waals surface area contributed by atoms with E-state index < -0.39 is 65.4 Å². The molecule has 7 N–H and O–H groups in total. The second-order valence-electron chi connectivity index (χ2n) is 11.8. The minimum absolute atomic E-state index is 0.0241. The number of hydrogen-bond acceptors (Lipinski definition) is 17. The Balaban J connectivity index is 0.000000311. The molecule has 6 rings (SSSR count). The summed E-state index contributed by atoms with van der Waals surface area (Å²) in [5.74, 6) is -0.261. The number of halogens is 1. The van der Waals surface area contributed by atoms with Gasteiger partial charge in [-0.3, -0.25) is 13.8 Å². The predicted molar refractivity (Wildman–Crippen MR) is 221 cm³/mol. The molecule has 0 saturated carbocycles. The summed E-state index contributed by atoms with van der Waals surface area (Å²) >= 11 is 0. The van der Waals surface area contributed by atoms with E-state index in [0.717, 1.165) is 29.3 Å². The van der Waals surface area contributed by atoms with Gasteiger partial charge in [-0.15, -0.1) is 25.3 Å². The van der Waals surface area contributed by atoms with E-state index in [1.54, 1.807) is 36.4 Å². The van der Waals surface area contributed by atoms with Gasteiger partial charge in [0, 0.05) is 27.1 Å². The average Bonchev–Trinajstić information content (AvgIpc) is 3.11. The second-order valence-corrected chi connectivity index (χ2v) is 19.7. The van der Waals surface area contributed by atoms with Crippen LogP contribution in [0.15, 0.2) is 129 Å². The monoisotopic (exact) mass is 982 g/mol. The minimum atomic E-state index is -4.57. The lowest BCUT2D eigenvalue weighted by atomic mass is 10.1. The van der Waals surface area contributed by atoms with E-state index in [9.17, 15) is 48.4 Å². The summed E-state index contributed by atoms with van der Waals surface area (Å²) in [5, 5.41) is 20.9. The van der Waals surface area contributed by atoms with E-state index in [1.165, 1.54) is 54.6 Å². The Labute approximate surface area is 356 Å². The molecule has 27 heteroatoms. The maximum atomic E-state index is 12.6. The average molecular weight is 983 g/mol. The fourth-order valence-corrected chi connectivity index (χ4v) is 7.72. The number of fused-ring (bicyclic) bond motifs is 2. The molecule has 61 heavy (non-hydrogen) atoms. The molecule has 0 aliphatic rings. The van der Waals surface area contributed by atoms with Gasteiger partial charge >= 0.3 is 21.2 Å². The molecule has 0 saturated heterocycles. The Morgan fingerprint density at radius 2 is 0.885 bits per heavy atom. The number of sulfonamides is 1. The number of aryl methyl sites for hydroxylation is 2. The number of benzene rings is 6. The van der Waals surface area contributed by atoms with Crippen LogP contribution in [0.2, 0.25) is 0 Å². The quantitative estimate of drug-likeness (QED) is 0.0774. The molecule has 0 fully saturated rings. The van der Waals surface area contributed by atoms with Crippen LogP contribution in [0, 0.1) is 13.8 Å². The van der Waals surface area contributed by atoms with Crippen LogP contribution in [0.25, 0.3) is 21.5 Å². The van der Waals surface area contributed by atoms with Crippen molar-refractivity contribution in [3.05, 3.63) is 120 Å². The Morgan fingerprint density at radius 1 is 0.525 bits per heavy atom. The van der Waals surface area contributed by atoms with Crippen LogP contribution in [0.3, 0.4) is 0 Å². The summed E-state index contributed by atoms with van der Waals surface area (Å²) in [4.78, 5) is -0.658.